The molecule has 90 valence electrons. The number of carboxylic acids is 1. The van der Waals surface area contributed by atoms with Gasteiger partial charge in [0.25, 0.3) is 0 Å². The van der Waals surface area contributed by atoms with Crippen LogP contribution in [0.4, 0.5) is 4.79 Å². The predicted molar refractivity (Wildman–Crippen MR) is 57.8 cm³/mol. The third-order valence-electron chi connectivity index (χ3n) is 1.76. The molecule has 0 aromatic carbocycles. The molecule has 0 aliphatic rings. The molecule has 0 spiro atoms. The Morgan fingerprint density at radius 2 is 2.00 bits per heavy atom. The van der Waals surface area contributed by atoms with Crippen LogP contribution in [0, 0.1) is 0 Å². The Hall–Kier alpha value is -1.85. The van der Waals surface area contributed by atoms with Gasteiger partial charge < -0.3 is 10.4 Å². The van der Waals surface area contributed by atoms with Crippen LogP contribution < -0.4 is 10.6 Å². The second-order valence-electron chi connectivity index (χ2n) is 3.29. The van der Waals surface area contributed by atoms with Gasteiger partial charge in [-0.05, 0) is 13.3 Å². The van der Waals surface area contributed by atoms with Crippen molar-refractivity contribution < 1.29 is 19.5 Å². The first-order valence-electron chi connectivity index (χ1n) is 4.90. The SMILES string of the molecule is C=CC(C)NC(=O)NC(=O)CCCC(=O)O. The van der Waals surface area contributed by atoms with E-state index < -0.39 is 17.9 Å². The maximum Gasteiger partial charge on any atom is 0.321 e. The molecule has 6 heteroatoms. The fraction of sp³-hybridized carbons (Fsp3) is 0.500. The van der Waals surface area contributed by atoms with Crippen LogP contribution in [0.2, 0.25) is 0 Å². The number of aliphatic carboxylic acids is 1. The summed E-state index contributed by atoms with van der Waals surface area (Å²) in [7, 11) is 0. The number of nitrogens with one attached hydrogen (secondary N) is 2. The minimum Gasteiger partial charge on any atom is -0.481 e. The van der Waals surface area contributed by atoms with E-state index in [0.29, 0.717) is 0 Å². The molecule has 6 nitrogen and oxygen atoms in total. The molecule has 0 bridgehead atoms. The number of amides is 3. The van der Waals surface area contributed by atoms with Gasteiger partial charge >= 0.3 is 12.0 Å². The summed E-state index contributed by atoms with van der Waals surface area (Å²) in [5, 5.41) is 12.9. The Morgan fingerprint density at radius 3 is 2.50 bits per heavy atom. The number of urea groups is 1. The Balaban J connectivity index is 3.74. The first kappa shape index (κ1) is 14.2. The summed E-state index contributed by atoms with van der Waals surface area (Å²) in [4.78, 5) is 32.4. The molecule has 0 fully saturated rings. The van der Waals surface area contributed by atoms with E-state index >= 15 is 0 Å². The van der Waals surface area contributed by atoms with Gasteiger partial charge in [0.05, 0.1) is 0 Å². The summed E-state index contributed by atoms with van der Waals surface area (Å²) in [5.74, 6) is -1.45. The van der Waals surface area contributed by atoms with Crippen LogP contribution in [0.15, 0.2) is 12.7 Å². The lowest BCUT2D eigenvalue weighted by molar-refractivity contribution is -0.137. The largest absolute Gasteiger partial charge is 0.481 e. The van der Waals surface area contributed by atoms with Gasteiger partial charge in [-0.1, -0.05) is 6.08 Å². The zero-order valence-corrected chi connectivity index (χ0v) is 9.16. The van der Waals surface area contributed by atoms with Crippen molar-refractivity contribution in [1.82, 2.24) is 10.6 Å². The molecular formula is C10H16N2O4. The highest BCUT2D eigenvalue weighted by molar-refractivity contribution is 5.94. The van der Waals surface area contributed by atoms with Crippen LogP contribution in [0.5, 0.6) is 0 Å². The summed E-state index contributed by atoms with van der Waals surface area (Å²) in [6, 6.07) is -0.834. The molecule has 0 saturated heterocycles. The Bertz CT molecular complexity index is 289. The highest BCUT2D eigenvalue weighted by Gasteiger charge is 2.09. The minimum atomic E-state index is -0.961. The highest BCUT2D eigenvalue weighted by atomic mass is 16.4. The highest BCUT2D eigenvalue weighted by Crippen LogP contribution is 1.94. The molecular weight excluding hydrogens is 212 g/mol. The Labute approximate surface area is 93.7 Å². The van der Waals surface area contributed by atoms with Crippen molar-refractivity contribution in [1.29, 1.82) is 0 Å². The normalized spacial score (nSPS) is 11.3. The van der Waals surface area contributed by atoms with E-state index in [4.69, 9.17) is 5.11 Å². The summed E-state index contributed by atoms with van der Waals surface area (Å²) in [6.45, 7) is 5.18. The van der Waals surface area contributed by atoms with Gasteiger partial charge in [0.15, 0.2) is 0 Å². The Kier molecular flexibility index (Phi) is 6.58. The number of carbonyl (C=O) groups is 3. The molecule has 0 aliphatic carbocycles. The summed E-state index contributed by atoms with van der Waals surface area (Å²) in [6.07, 6.45) is 1.67. The quantitative estimate of drug-likeness (QED) is 0.581. The summed E-state index contributed by atoms with van der Waals surface area (Å²) in [5.41, 5.74) is 0. The summed E-state index contributed by atoms with van der Waals surface area (Å²) >= 11 is 0. The molecule has 0 aliphatic heterocycles. The van der Waals surface area contributed by atoms with E-state index in [1.54, 1.807) is 6.92 Å². The topological polar surface area (TPSA) is 95.5 Å². The molecule has 0 rings (SSSR count). The van der Waals surface area contributed by atoms with Gasteiger partial charge in [-0.2, -0.15) is 0 Å². The van der Waals surface area contributed by atoms with Crippen LogP contribution in [-0.4, -0.2) is 29.1 Å². The van der Waals surface area contributed by atoms with Gasteiger partial charge in [0.1, 0.15) is 0 Å². The van der Waals surface area contributed by atoms with Crippen molar-refractivity contribution >= 4 is 17.9 Å². The van der Waals surface area contributed by atoms with Gasteiger partial charge in [-0.25, -0.2) is 4.79 Å². The lowest BCUT2D eigenvalue weighted by atomic mass is 10.2. The van der Waals surface area contributed by atoms with Crippen molar-refractivity contribution in [2.75, 3.05) is 0 Å². The van der Waals surface area contributed by atoms with Gasteiger partial charge in [-0.15, -0.1) is 6.58 Å². The zero-order valence-electron chi connectivity index (χ0n) is 9.16. The van der Waals surface area contributed by atoms with E-state index in [1.165, 1.54) is 6.08 Å². The maximum absolute atomic E-state index is 11.1. The molecule has 0 aromatic heterocycles. The van der Waals surface area contributed by atoms with Gasteiger partial charge in [0, 0.05) is 18.9 Å². The van der Waals surface area contributed by atoms with E-state index in [2.05, 4.69) is 17.2 Å². The van der Waals surface area contributed by atoms with Gasteiger partial charge in [-0.3, -0.25) is 14.9 Å². The molecule has 16 heavy (non-hydrogen) atoms. The first-order valence-corrected chi connectivity index (χ1v) is 4.90. The average Bonchev–Trinajstić information content (AvgIpc) is 2.16. The maximum atomic E-state index is 11.1. The molecule has 0 saturated carbocycles. The third kappa shape index (κ3) is 7.54. The molecule has 0 heterocycles. The van der Waals surface area contributed by atoms with E-state index in [9.17, 15) is 14.4 Å². The van der Waals surface area contributed by atoms with E-state index in [1.807, 2.05) is 0 Å². The van der Waals surface area contributed by atoms with Crippen LogP contribution in [-0.2, 0) is 9.59 Å². The average molecular weight is 228 g/mol. The summed E-state index contributed by atoms with van der Waals surface area (Å²) < 4.78 is 0. The van der Waals surface area contributed by atoms with Crippen molar-refractivity contribution in [3.8, 4) is 0 Å². The van der Waals surface area contributed by atoms with Crippen LogP contribution in [0.1, 0.15) is 26.2 Å². The van der Waals surface area contributed by atoms with Gasteiger partial charge in [0.2, 0.25) is 5.91 Å². The Morgan fingerprint density at radius 1 is 1.38 bits per heavy atom. The lowest BCUT2D eigenvalue weighted by Crippen LogP contribution is -2.42. The minimum absolute atomic E-state index is 0.0161. The second kappa shape index (κ2) is 7.44. The van der Waals surface area contributed by atoms with Crippen LogP contribution in [0.25, 0.3) is 0 Å². The standard InChI is InChI=1S/C10H16N2O4/c1-3-7(2)11-10(16)12-8(13)5-4-6-9(14)15/h3,7H,1,4-6H2,2H3,(H,14,15)(H2,11,12,13,16). The number of imide groups is 1. The zero-order chi connectivity index (χ0) is 12.6. The number of rotatable bonds is 6. The first-order chi connectivity index (χ1) is 7.45. The number of hydrogen-bond donors (Lipinski definition) is 3. The second-order valence-corrected chi connectivity index (χ2v) is 3.29. The fourth-order valence-corrected chi connectivity index (χ4v) is 0.891. The molecule has 0 aromatic rings. The van der Waals surface area contributed by atoms with Crippen molar-refractivity contribution in [3.05, 3.63) is 12.7 Å². The fourth-order valence-electron chi connectivity index (χ4n) is 0.891. The van der Waals surface area contributed by atoms with Crippen molar-refractivity contribution in [2.45, 2.75) is 32.2 Å². The molecule has 1 unspecified atom stereocenters. The predicted octanol–water partition coefficient (Wildman–Crippen LogP) is 0.642. The molecule has 3 N–H and O–H groups in total. The smallest absolute Gasteiger partial charge is 0.321 e. The number of hydrogen-bond acceptors (Lipinski definition) is 3. The third-order valence-corrected chi connectivity index (χ3v) is 1.76. The van der Waals surface area contributed by atoms with Crippen LogP contribution in [0.3, 0.4) is 0 Å². The van der Waals surface area contributed by atoms with Crippen molar-refractivity contribution in [2.24, 2.45) is 0 Å². The van der Waals surface area contributed by atoms with E-state index in [0.717, 1.165) is 0 Å². The molecule has 0 radical (unpaired) electrons. The monoisotopic (exact) mass is 228 g/mol. The lowest BCUT2D eigenvalue weighted by Gasteiger charge is -2.09. The molecule has 1 atom stereocenters. The number of carboxylic acid groups (broad SMARTS) is 1. The molecule has 3 amide bonds. The van der Waals surface area contributed by atoms with Crippen LogP contribution >= 0.6 is 0 Å². The number of carbonyl (C=O) groups excluding carboxylic acids is 2. The van der Waals surface area contributed by atoms with E-state index in [-0.39, 0.29) is 25.3 Å². The van der Waals surface area contributed by atoms with Crippen molar-refractivity contribution in [3.63, 3.8) is 0 Å².